The number of pyridine rings is 1. The Morgan fingerprint density at radius 1 is 1.13 bits per heavy atom. The molecule has 1 fully saturated rings. The van der Waals surface area contributed by atoms with Crippen LogP contribution in [0.5, 0.6) is 5.75 Å². The summed E-state index contributed by atoms with van der Waals surface area (Å²) in [5.74, 6) is 0.310. The van der Waals surface area contributed by atoms with Crippen molar-refractivity contribution >= 4 is 11.8 Å². The van der Waals surface area contributed by atoms with Crippen molar-refractivity contribution in [1.82, 2.24) is 9.88 Å². The molecule has 0 bridgehead atoms. The van der Waals surface area contributed by atoms with E-state index in [9.17, 15) is 9.18 Å². The van der Waals surface area contributed by atoms with E-state index in [0.717, 1.165) is 30.4 Å². The lowest BCUT2D eigenvalue weighted by atomic mass is 10.1. The Hall–Kier alpha value is -3.16. The lowest BCUT2D eigenvalue weighted by molar-refractivity contribution is 0.0126. The van der Waals surface area contributed by atoms with Gasteiger partial charge in [0.25, 0.3) is 0 Å². The maximum Gasteiger partial charge on any atom is 0.410 e. The fourth-order valence-electron chi connectivity index (χ4n) is 3.22. The van der Waals surface area contributed by atoms with Crippen LogP contribution in [0.1, 0.15) is 44.9 Å². The zero-order valence-electron chi connectivity index (χ0n) is 18.3. The summed E-state index contributed by atoms with van der Waals surface area (Å²) in [6.45, 7) is 6.77. The first kappa shape index (κ1) is 22.5. The number of ether oxygens (including phenoxy) is 2. The van der Waals surface area contributed by atoms with E-state index in [2.05, 4.69) is 10.1 Å². The molecule has 0 saturated carbocycles. The van der Waals surface area contributed by atoms with Crippen LogP contribution in [0.3, 0.4) is 0 Å². The van der Waals surface area contributed by atoms with Gasteiger partial charge in [-0.2, -0.15) is 0 Å². The van der Waals surface area contributed by atoms with Crippen LogP contribution in [-0.4, -0.2) is 53.6 Å². The molecule has 7 nitrogen and oxygen atoms in total. The van der Waals surface area contributed by atoms with E-state index in [1.54, 1.807) is 11.0 Å². The van der Waals surface area contributed by atoms with Crippen molar-refractivity contribution in [2.75, 3.05) is 20.2 Å². The van der Waals surface area contributed by atoms with E-state index in [1.165, 1.54) is 13.2 Å². The molecule has 31 heavy (non-hydrogen) atoms. The predicted octanol–water partition coefficient (Wildman–Crippen LogP) is 4.40. The molecule has 8 heteroatoms. The van der Waals surface area contributed by atoms with Gasteiger partial charge in [-0.25, -0.2) is 9.18 Å². The number of oxime groups is 1. The number of amides is 1. The maximum absolute atomic E-state index is 13.2. The van der Waals surface area contributed by atoms with Crippen LogP contribution in [-0.2, 0) is 9.57 Å². The second kappa shape index (κ2) is 9.76. The van der Waals surface area contributed by atoms with Crippen LogP contribution >= 0.6 is 0 Å². The van der Waals surface area contributed by atoms with E-state index in [1.807, 2.05) is 45.0 Å². The van der Waals surface area contributed by atoms with Gasteiger partial charge in [0.2, 0.25) is 0 Å². The van der Waals surface area contributed by atoms with Crippen LogP contribution in [0, 0.1) is 5.82 Å². The fourth-order valence-corrected chi connectivity index (χ4v) is 3.22. The molecule has 1 aromatic carbocycles. The van der Waals surface area contributed by atoms with Gasteiger partial charge >= 0.3 is 6.09 Å². The maximum atomic E-state index is 13.2. The molecule has 1 aliphatic heterocycles. The van der Waals surface area contributed by atoms with Gasteiger partial charge in [0.15, 0.2) is 0 Å². The van der Waals surface area contributed by atoms with Gasteiger partial charge < -0.3 is 19.2 Å². The molecule has 0 aliphatic carbocycles. The summed E-state index contributed by atoms with van der Waals surface area (Å²) < 4.78 is 24.7. The number of rotatable bonds is 5. The molecule has 1 aliphatic rings. The second-order valence-corrected chi connectivity index (χ2v) is 8.29. The first-order chi connectivity index (χ1) is 14.7. The molecule has 1 saturated heterocycles. The highest BCUT2D eigenvalue weighted by atomic mass is 19.1. The molecule has 166 valence electrons. The fraction of sp³-hybridized carbons (Fsp3) is 0.435. The lowest BCUT2D eigenvalue weighted by Crippen LogP contribution is -2.44. The van der Waals surface area contributed by atoms with Crippen molar-refractivity contribution in [3.8, 4) is 5.75 Å². The molecule has 0 atom stereocenters. The number of likely N-dealkylation sites (tertiary alicyclic amines) is 1. The van der Waals surface area contributed by atoms with Crippen molar-refractivity contribution < 1.29 is 23.5 Å². The Labute approximate surface area is 181 Å². The zero-order valence-corrected chi connectivity index (χ0v) is 18.3. The van der Waals surface area contributed by atoms with E-state index < -0.39 is 11.4 Å². The number of carbonyl (C=O) groups excluding carboxylic acids is 1. The molecule has 0 N–H and O–H groups in total. The average Bonchev–Trinajstić information content (AvgIpc) is 2.73. The van der Waals surface area contributed by atoms with Gasteiger partial charge in [-0.3, -0.25) is 4.98 Å². The van der Waals surface area contributed by atoms with Crippen molar-refractivity contribution in [2.24, 2.45) is 5.16 Å². The second-order valence-electron chi connectivity index (χ2n) is 8.29. The van der Waals surface area contributed by atoms with Crippen LogP contribution < -0.4 is 4.74 Å². The molecule has 1 amide bonds. The summed E-state index contributed by atoms with van der Waals surface area (Å²) in [4.78, 5) is 22.9. The van der Waals surface area contributed by atoms with Gasteiger partial charge in [0, 0.05) is 31.5 Å². The zero-order chi connectivity index (χ0) is 22.4. The number of nitrogens with zero attached hydrogens (tertiary/aromatic N) is 3. The highest BCUT2D eigenvalue weighted by Gasteiger charge is 2.27. The summed E-state index contributed by atoms with van der Waals surface area (Å²) >= 11 is 0. The van der Waals surface area contributed by atoms with E-state index in [0.29, 0.717) is 24.5 Å². The molecule has 1 aromatic heterocycles. The average molecular weight is 429 g/mol. The van der Waals surface area contributed by atoms with Crippen LogP contribution in [0.4, 0.5) is 9.18 Å². The summed E-state index contributed by atoms with van der Waals surface area (Å²) in [6, 6.07) is 10.3. The smallest absolute Gasteiger partial charge is 0.410 e. The van der Waals surface area contributed by atoms with Crippen LogP contribution in [0.25, 0.3) is 0 Å². The SMILES string of the molecule is CO/N=C(\c1ccc(OC2CCN(C(=O)OC(C)(C)C)CC2)cc1)c1ccc(F)cn1. The highest BCUT2D eigenvalue weighted by Crippen LogP contribution is 2.22. The predicted molar refractivity (Wildman–Crippen MR) is 115 cm³/mol. The third-order valence-electron chi connectivity index (χ3n) is 4.68. The Bertz CT molecular complexity index is 900. The lowest BCUT2D eigenvalue weighted by Gasteiger charge is -2.33. The number of benzene rings is 1. The largest absolute Gasteiger partial charge is 0.490 e. The van der Waals surface area contributed by atoms with Crippen molar-refractivity contribution in [3.05, 3.63) is 59.7 Å². The molecule has 0 unspecified atom stereocenters. The Balaban J connectivity index is 1.59. The van der Waals surface area contributed by atoms with Gasteiger partial charge in [-0.15, -0.1) is 0 Å². The number of aromatic nitrogens is 1. The van der Waals surface area contributed by atoms with Gasteiger partial charge in [0.1, 0.15) is 36.1 Å². The molecule has 3 rings (SSSR count). The Morgan fingerprint density at radius 2 is 1.81 bits per heavy atom. The number of hydrogen-bond donors (Lipinski definition) is 0. The summed E-state index contributed by atoms with van der Waals surface area (Å²) in [7, 11) is 1.45. The first-order valence-corrected chi connectivity index (χ1v) is 10.2. The minimum atomic E-state index is -0.499. The van der Waals surface area contributed by atoms with Crippen LogP contribution in [0.2, 0.25) is 0 Å². The number of piperidine rings is 1. The Morgan fingerprint density at radius 3 is 2.35 bits per heavy atom. The van der Waals surface area contributed by atoms with Gasteiger partial charge in [-0.05, 0) is 57.2 Å². The van der Waals surface area contributed by atoms with Gasteiger partial charge in [-0.1, -0.05) is 5.16 Å². The van der Waals surface area contributed by atoms with Crippen molar-refractivity contribution in [3.63, 3.8) is 0 Å². The molecule has 0 radical (unpaired) electrons. The van der Waals surface area contributed by atoms with Gasteiger partial charge in [0.05, 0.1) is 11.9 Å². The standard InChI is InChI=1S/C23H28FN3O4/c1-23(2,3)31-22(28)27-13-11-19(12-14-27)30-18-8-5-16(6-9-18)21(26-29-4)20-10-7-17(24)15-25-20/h5-10,15,19H,11-14H2,1-4H3/b26-21+. The first-order valence-electron chi connectivity index (χ1n) is 10.2. The molecule has 2 aromatic rings. The molecule has 0 spiro atoms. The van der Waals surface area contributed by atoms with Crippen molar-refractivity contribution in [1.29, 1.82) is 0 Å². The molecule has 2 heterocycles. The monoisotopic (exact) mass is 429 g/mol. The van der Waals surface area contributed by atoms with Crippen molar-refractivity contribution in [2.45, 2.75) is 45.3 Å². The molecular formula is C23H28FN3O4. The summed E-state index contributed by atoms with van der Waals surface area (Å²) in [5.41, 5.74) is 1.28. The molecular weight excluding hydrogens is 401 g/mol. The minimum Gasteiger partial charge on any atom is -0.490 e. The normalized spacial score (nSPS) is 15.5. The van der Waals surface area contributed by atoms with E-state index in [-0.39, 0.29) is 12.2 Å². The third kappa shape index (κ3) is 6.41. The quantitative estimate of drug-likeness (QED) is 0.520. The topological polar surface area (TPSA) is 73.2 Å². The van der Waals surface area contributed by atoms with E-state index >= 15 is 0 Å². The third-order valence-corrected chi connectivity index (χ3v) is 4.68. The number of hydrogen-bond acceptors (Lipinski definition) is 6. The van der Waals surface area contributed by atoms with Crippen LogP contribution in [0.15, 0.2) is 47.8 Å². The highest BCUT2D eigenvalue weighted by molar-refractivity contribution is 6.11. The Kier molecular flexibility index (Phi) is 7.09. The number of carbonyl (C=O) groups is 1. The number of halogens is 1. The van der Waals surface area contributed by atoms with E-state index in [4.69, 9.17) is 14.3 Å². The summed E-state index contributed by atoms with van der Waals surface area (Å²) in [5, 5.41) is 4.03. The minimum absolute atomic E-state index is 0.0235. The summed E-state index contributed by atoms with van der Waals surface area (Å²) in [6.07, 6.45) is 2.35.